The number of carboxylic acids is 1. The molecule has 1 amide bonds. The molecule has 0 unspecified atom stereocenters. The van der Waals surface area contributed by atoms with Crippen LogP contribution in [0.25, 0.3) is 11.1 Å². The van der Waals surface area contributed by atoms with E-state index in [4.69, 9.17) is 23.2 Å². The number of carbonyl (C=O) groups is 2. The molecule has 142 valence electrons. The van der Waals surface area contributed by atoms with Crippen LogP contribution in [0, 0.1) is 6.92 Å². The molecule has 0 spiro atoms. The summed E-state index contributed by atoms with van der Waals surface area (Å²) in [5.74, 6) is -1.45. The van der Waals surface area contributed by atoms with E-state index in [0.29, 0.717) is 15.6 Å². The van der Waals surface area contributed by atoms with Crippen molar-refractivity contribution in [3.63, 3.8) is 0 Å². The van der Waals surface area contributed by atoms with E-state index in [9.17, 15) is 14.7 Å². The van der Waals surface area contributed by atoms with Crippen molar-refractivity contribution in [2.24, 2.45) is 0 Å². The smallest absolute Gasteiger partial charge is 0.337 e. The first-order valence-corrected chi connectivity index (χ1v) is 9.28. The number of halogens is 2. The van der Waals surface area contributed by atoms with Gasteiger partial charge >= 0.3 is 5.97 Å². The van der Waals surface area contributed by atoms with Crippen LogP contribution in [0.3, 0.4) is 0 Å². The predicted molar refractivity (Wildman–Crippen MR) is 112 cm³/mol. The lowest BCUT2D eigenvalue weighted by Crippen LogP contribution is -2.17. The number of carboxylic acid groups (broad SMARTS) is 1. The number of hydrogen-bond donors (Lipinski definition) is 2. The molecule has 0 radical (unpaired) electrons. The fourth-order valence-corrected chi connectivity index (χ4v) is 3.25. The van der Waals surface area contributed by atoms with E-state index in [0.717, 1.165) is 16.7 Å². The molecule has 2 N–H and O–H groups in total. The highest BCUT2D eigenvalue weighted by Crippen LogP contribution is 2.28. The summed E-state index contributed by atoms with van der Waals surface area (Å²) in [6, 6.07) is 17.6. The second kappa shape index (κ2) is 8.46. The molecule has 3 rings (SSSR count). The summed E-state index contributed by atoms with van der Waals surface area (Å²) < 4.78 is 0. The third-order valence-electron chi connectivity index (χ3n) is 4.33. The Morgan fingerprint density at radius 1 is 0.964 bits per heavy atom. The van der Waals surface area contributed by atoms with Crippen molar-refractivity contribution >= 4 is 40.8 Å². The van der Waals surface area contributed by atoms with Crippen molar-refractivity contribution in [2.75, 3.05) is 5.32 Å². The van der Waals surface area contributed by atoms with E-state index in [1.807, 2.05) is 31.2 Å². The Labute approximate surface area is 172 Å². The Balaban J connectivity index is 1.89. The lowest BCUT2D eigenvalue weighted by Gasteiger charge is -2.12. The first-order chi connectivity index (χ1) is 13.3. The average molecular weight is 414 g/mol. The largest absolute Gasteiger partial charge is 0.478 e. The van der Waals surface area contributed by atoms with Crippen molar-refractivity contribution in [1.29, 1.82) is 0 Å². The normalized spacial score (nSPS) is 10.5. The second-order valence-corrected chi connectivity index (χ2v) is 7.17. The van der Waals surface area contributed by atoms with Crippen LogP contribution in [0.15, 0.2) is 60.7 Å². The summed E-state index contributed by atoms with van der Waals surface area (Å²) >= 11 is 11.9. The second-order valence-electron chi connectivity index (χ2n) is 6.35. The molecular weight excluding hydrogens is 397 g/mol. The molecule has 6 heteroatoms. The van der Waals surface area contributed by atoms with Gasteiger partial charge in [0.25, 0.3) is 0 Å². The van der Waals surface area contributed by atoms with Crippen LogP contribution in [0.5, 0.6) is 0 Å². The lowest BCUT2D eigenvalue weighted by atomic mass is 9.98. The summed E-state index contributed by atoms with van der Waals surface area (Å²) in [4.78, 5) is 24.1. The van der Waals surface area contributed by atoms with Crippen LogP contribution in [0.4, 0.5) is 5.69 Å². The molecule has 0 bridgehead atoms. The van der Waals surface area contributed by atoms with Gasteiger partial charge in [-0.2, -0.15) is 0 Å². The zero-order valence-corrected chi connectivity index (χ0v) is 16.5. The molecule has 0 saturated heterocycles. The molecule has 0 aliphatic carbocycles. The van der Waals surface area contributed by atoms with Gasteiger partial charge in [-0.15, -0.1) is 0 Å². The zero-order valence-electron chi connectivity index (χ0n) is 15.0. The number of carbonyl (C=O) groups excluding carboxylic acids is 1. The minimum absolute atomic E-state index is 0.0276. The number of benzene rings is 3. The highest BCUT2D eigenvalue weighted by atomic mass is 35.5. The minimum atomic E-state index is -1.11. The highest BCUT2D eigenvalue weighted by Gasteiger charge is 2.15. The highest BCUT2D eigenvalue weighted by molar-refractivity contribution is 6.42. The summed E-state index contributed by atoms with van der Waals surface area (Å²) in [7, 11) is 0. The van der Waals surface area contributed by atoms with Gasteiger partial charge in [-0.1, -0.05) is 59.6 Å². The van der Waals surface area contributed by atoms with Crippen molar-refractivity contribution in [3.8, 4) is 11.1 Å². The van der Waals surface area contributed by atoms with Gasteiger partial charge in [0.05, 0.1) is 27.7 Å². The fraction of sp³-hybridized carbons (Fsp3) is 0.0909. The van der Waals surface area contributed by atoms with Gasteiger partial charge in [-0.05, 0) is 53.4 Å². The Kier molecular flexibility index (Phi) is 6.02. The number of aryl methyl sites for hydroxylation is 1. The quantitative estimate of drug-likeness (QED) is 0.551. The standard InChI is InChI=1S/C22H17Cl2NO3/c1-13-4-2-3-5-16(13)15-7-8-17(22(27)28)20(12-15)25-21(26)11-14-6-9-18(23)19(24)10-14/h2-10,12H,11H2,1H3,(H,25,26)(H,27,28). The first kappa shape index (κ1) is 19.9. The van der Waals surface area contributed by atoms with Gasteiger partial charge in [0, 0.05) is 0 Å². The van der Waals surface area contributed by atoms with Crippen molar-refractivity contribution in [3.05, 3.63) is 87.4 Å². The number of aromatic carboxylic acids is 1. The molecule has 28 heavy (non-hydrogen) atoms. The molecule has 4 nitrogen and oxygen atoms in total. The Morgan fingerprint density at radius 3 is 2.39 bits per heavy atom. The Hall–Kier alpha value is -2.82. The average Bonchev–Trinajstić information content (AvgIpc) is 2.65. The van der Waals surface area contributed by atoms with Crippen LogP contribution < -0.4 is 5.32 Å². The maximum absolute atomic E-state index is 12.5. The number of amides is 1. The zero-order chi connectivity index (χ0) is 20.3. The molecule has 0 aromatic heterocycles. The molecule has 0 atom stereocenters. The maximum Gasteiger partial charge on any atom is 0.337 e. The molecule has 0 aliphatic heterocycles. The number of rotatable bonds is 5. The summed E-state index contributed by atoms with van der Waals surface area (Å²) in [6.45, 7) is 1.98. The van der Waals surface area contributed by atoms with E-state index in [-0.39, 0.29) is 23.6 Å². The van der Waals surface area contributed by atoms with Gasteiger partial charge in [0.15, 0.2) is 0 Å². The van der Waals surface area contributed by atoms with E-state index < -0.39 is 5.97 Å². The summed E-state index contributed by atoms with van der Waals surface area (Å²) in [6.07, 6.45) is 0.0462. The van der Waals surface area contributed by atoms with Gasteiger partial charge in [0.1, 0.15) is 0 Å². The van der Waals surface area contributed by atoms with E-state index >= 15 is 0 Å². The van der Waals surface area contributed by atoms with Gasteiger partial charge in [-0.25, -0.2) is 4.79 Å². The third-order valence-corrected chi connectivity index (χ3v) is 5.07. The van der Waals surface area contributed by atoms with Crippen molar-refractivity contribution in [1.82, 2.24) is 0 Å². The molecule has 3 aromatic carbocycles. The monoisotopic (exact) mass is 413 g/mol. The third kappa shape index (κ3) is 4.53. The van der Waals surface area contributed by atoms with Gasteiger partial charge in [-0.3, -0.25) is 4.79 Å². The maximum atomic E-state index is 12.5. The van der Waals surface area contributed by atoms with Crippen LogP contribution in [-0.2, 0) is 11.2 Å². The van der Waals surface area contributed by atoms with E-state index in [2.05, 4.69) is 5.32 Å². The van der Waals surface area contributed by atoms with Crippen LogP contribution in [-0.4, -0.2) is 17.0 Å². The van der Waals surface area contributed by atoms with Crippen LogP contribution in [0.2, 0.25) is 10.0 Å². The SMILES string of the molecule is Cc1ccccc1-c1ccc(C(=O)O)c(NC(=O)Cc2ccc(Cl)c(Cl)c2)c1. The minimum Gasteiger partial charge on any atom is -0.478 e. The Bertz CT molecular complexity index is 1060. The molecule has 3 aromatic rings. The fourth-order valence-electron chi connectivity index (χ4n) is 2.93. The molecule has 0 aliphatic rings. The van der Waals surface area contributed by atoms with Gasteiger partial charge in [0.2, 0.25) is 5.91 Å². The molecule has 0 saturated carbocycles. The number of anilines is 1. The van der Waals surface area contributed by atoms with Crippen molar-refractivity contribution < 1.29 is 14.7 Å². The van der Waals surface area contributed by atoms with Crippen LogP contribution in [0.1, 0.15) is 21.5 Å². The molecule has 0 fully saturated rings. The topological polar surface area (TPSA) is 66.4 Å². The predicted octanol–water partition coefficient (Wildman–Crippen LogP) is 5.85. The number of nitrogens with one attached hydrogen (secondary N) is 1. The molecule has 0 heterocycles. The Morgan fingerprint density at radius 2 is 1.71 bits per heavy atom. The van der Waals surface area contributed by atoms with Crippen LogP contribution >= 0.6 is 23.2 Å². The first-order valence-electron chi connectivity index (χ1n) is 8.52. The number of hydrogen-bond acceptors (Lipinski definition) is 2. The molecular formula is C22H17Cl2NO3. The summed E-state index contributed by atoms with van der Waals surface area (Å²) in [5.41, 5.74) is 3.81. The van der Waals surface area contributed by atoms with Crippen molar-refractivity contribution in [2.45, 2.75) is 13.3 Å². The van der Waals surface area contributed by atoms with E-state index in [1.165, 1.54) is 6.07 Å². The summed E-state index contributed by atoms with van der Waals surface area (Å²) in [5, 5.41) is 12.9. The van der Waals surface area contributed by atoms with E-state index in [1.54, 1.807) is 30.3 Å². The van der Waals surface area contributed by atoms with Gasteiger partial charge < -0.3 is 10.4 Å². The lowest BCUT2D eigenvalue weighted by molar-refractivity contribution is -0.115.